The van der Waals surface area contributed by atoms with Gasteiger partial charge < -0.3 is 9.73 Å². The van der Waals surface area contributed by atoms with Gasteiger partial charge in [0.25, 0.3) is 5.91 Å². The predicted octanol–water partition coefficient (Wildman–Crippen LogP) is 3.58. The van der Waals surface area contributed by atoms with E-state index in [0.29, 0.717) is 21.2 Å². The molecule has 0 fully saturated rings. The molecule has 0 radical (unpaired) electrons. The molecular formula is C13H8Cl2N2O2. The van der Waals surface area contributed by atoms with Crippen LogP contribution in [0.1, 0.15) is 22.0 Å². The van der Waals surface area contributed by atoms with Crippen LogP contribution in [0, 0.1) is 11.3 Å². The average Bonchev–Trinajstić information content (AvgIpc) is 2.93. The van der Waals surface area contributed by atoms with Gasteiger partial charge in [0.15, 0.2) is 0 Å². The van der Waals surface area contributed by atoms with Gasteiger partial charge in [-0.3, -0.25) is 4.79 Å². The Bertz CT molecular complexity index is 633. The molecule has 0 saturated heterocycles. The Morgan fingerprint density at radius 3 is 2.68 bits per heavy atom. The number of carbonyl (C=O) groups excluding carboxylic acids is 1. The highest BCUT2D eigenvalue weighted by molar-refractivity contribution is 6.42. The van der Waals surface area contributed by atoms with Gasteiger partial charge >= 0.3 is 0 Å². The van der Waals surface area contributed by atoms with Crippen molar-refractivity contribution in [1.29, 1.82) is 5.26 Å². The summed E-state index contributed by atoms with van der Waals surface area (Å²) in [5, 5.41) is 12.4. The quantitative estimate of drug-likeness (QED) is 0.941. The number of amides is 1. The van der Waals surface area contributed by atoms with Crippen LogP contribution in [0.4, 0.5) is 0 Å². The highest BCUT2D eigenvalue weighted by Crippen LogP contribution is 2.25. The fourth-order valence-corrected chi connectivity index (χ4v) is 1.80. The molecule has 2 rings (SSSR count). The highest BCUT2D eigenvalue weighted by Gasteiger charge is 2.16. The third-order valence-electron chi connectivity index (χ3n) is 2.46. The normalized spacial score (nSPS) is 11.6. The van der Waals surface area contributed by atoms with Gasteiger partial charge in [0.05, 0.1) is 27.9 Å². The minimum atomic E-state index is -0.808. The molecular weight excluding hydrogens is 287 g/mol. The molecule has 0 bridgehead atoms. The number of nitrogens with one attached hydrogen (secondary N) is 1. The summed E-state index contributed by atoms with van der Waals surface area (Å²) in [6, 6.07) is 7.46. The van der Waals surface area contributed by atoms with E-state index in [1.54, 1.807) is 18.2 Å². The van der Waals surface area contributed by atoms with Crippen LogP contribution >= 0.6 is 23.2 Å². The van der Waals surface area contributed by atoms with E-state index in [0.717, 1.165) is 0 Å². The highest BCUT2D eigenvalue weighted by atomic mass is 35.5. The molecule has 0 aliphatic rings. The first-order valence-electron chi connectivity index (χ1n) is 5.29. The van der Waals surface area contributed by atoms with E-state index in [4.69, 9.17) is 32.9 Å². The molecule has 1 heterocycles. The summed E-state index contributed by atoms with van der Waals surface area (Å²) in [6.45, 7) is 0. The van der Waals surface area contributed by atoms with Crippen LogP contribution in [0.25, 0.3) is 0 Å². The number of nitriles is 1. The molecule has 1 aromatic carbocycles. The van der Waals surface area contributed by atoms with Crippen LogP contribution < -0.4 is 5.32 Å². The fraction of sp³-hybridized carbons (Fsp3) is 0.0769. The number of rotatable bonds is 3. The van der Waals surface area contributed by atoms with Gasteiger partial charge in [-0.2, -0.15) is 5.26 Å². The van der Waals surface area contributed by atoms with Crippen LogP contribution in [-0.4, -0.2) is 5.91 Å². The van der Waals surface area contributed by atoms with E-state index in [-0.39, 0.29) is 0 Å². The topological polar surface area (TPSA) is 66.0 Å². The molecule has 1 N–H and O–H groups in total. The fourth-order valence-electron chi connectivity index (χ4n) is 1.49. The predicted molar refractivity (Wildman–Crippen MR) is 71.0 cm³/mol. The Kier molecular flexibility index (Phi) is 4.10. The third-order valence-corrected chi connectivity index (χ3v) is 3.20. The molecule has 4 nitrogen and oxygen atoms in total. The van der Waals surface area contributed by atoms with Crippen molar-refractivity contribution < 1.29 is 9.21 Å². The van der Waals surface area contributed by atoms with Crippen molar-refractivity contribution in [3.05, 3.63) is 58.0 Å². The molecule has 0 saturated carbocycles. The summed E-state index contributed by atoms with van der Waals surface area (Å²) in [5.41, 5.74) is 0.911. The summed E-state index contributed by atoms with van der Waals surface area (Å²) in [6.07, 6.45) is 2.69. The monoisotopic (exact) mass is 294 g/mol. The molecule has 0 aliphatic carbocycles. The smallest absolute Gasteiger partial charge is 0.255 e. The Morgan fingerprint density at radius 2 is 2.11 bits per heavy atom. The number of hydrogen-bond acceptors (Lipinski definition) is 3. The zero-order chi connectivity index (χ0) is 13.8. The van der Waals surface area contributed by atoms with Crippen LogP contribution in [0.2, 0.25) is 10.0 Å². The van der Waals surface area contributed by atoms with Crippen LogP contribution in [0.5, 0.6) is 0 Å². The zero-order valence-corrected chi connectivity index (χ0v) is 11.1. The number of furan rings is 1. The Labute approximate surface area is 119 Å². The van der Waals surface area contributed by atoms with E-state index in [1.165, 1.54) is 18.6 Å². The standard InChI is InChI=1S/C13H8Cl2N2O2/c14-10-2-1-8(5-11(10)15)12(6-16)17-13(18)9-3-4-19-7-9/h1-5,7,12H,(H,17,18)/t12-/m1/s1. The van der Waals surface area contributed by atoms with Crippen molar-refractivity contribution in [2.75, 3.05) is 0 Å². The van der Waals surface area contributed by atoms with Gasteiger partial charge in [-0.05, 0) is 23.8 Å². The number of hydrogen-bond donors (Lipinski definition) is 1. The number of nitrogens with zero attached hydrogens (tertiary/aromatic N) is 1. The van der Waals surface area contributed by atoms with E-state index in [1.807, 2.05) is 6.07 Å². The van der Waals surface area contributed by atoms with E-state index < -0.39 is 11.9 Å². The largest absolute Gasteiger partial charge is 0.472 e. The molecule has 2 aromatic rings. The first-order valence-corrected chi connectivity index (χ1v) is 6.05. The van der Waals surface area contributed by atoms with E-state index in [9.17, 15) is 4.79 Å². The molecule has 0 spiro atoms. The summed E-state index contributed by atoms with van der Waals surface area (Å²) in [7, 11) is 0. The summed E-state index contributed by atoms with van der Waals surface area (Å²) in [4.78, 5) is 11.8. The minimum Gasteiger partial charge on any atom is -0.472 e. The molecule has 1 atom stereocenters. The van der Waals surface area contributed by atoms with Crippen molar-refractivity contribution in [2.45, 2.75) is 6.04 Å². The summed E-state index contributed by atoms with van der Waals surface area (Å²) < 4.78 is 4.81. The lowest BCUT2D eigenvalue weighted by Gasteiger charge is -2.11. The Hall–Kier alpha value is -1.96. The lowest BCUT2D eigenvalue weighted by Crippen LogP contribution is -2.27. The van der Waals surface area contributed by atoms with Crippen LogP contribution in [0.3, 0.4) is 0 Å². The van der Waals surface area contributed by atoms with Gasteiger partial charge in [0.1, 0.15) is 12.3 Å². The lowest BCUT2D eigenvalue weighted by atomic mass is 10.1. The summed E-state index contributed by atoms with van der Waals surface area (Å²) in [5.74, 6) is -0.397. The second kappa shape index (κ2) is 5.79. The summed E-state index contributed by atoms with van der Waals surface area (Å²) >= 11 is 11.7. The number of halogens is 2. The van der Waals surface area contributed by atoms with E-state index in [2.05, 4.69) is 5.32 Å². The molecule has 6 heteroatoms. The Morgan fingerprint density at radius 1 is 1.32 bits per heavy atom. The SMILES string of the molecule is N#C[C@@H](NC(=O)c1ccoc1)c1ccc(Cl)c(Cl)c1. The van der Waals surface area contributed by atoms with Gasteiger partial charge in [-0.25, -0.2) is 0 Å². The second-order valence-corrected chi connectivity index (χ2v) is 4.54. The molecule has 1 amide bonds. The first kappa shape index (κ1) is 13.5. The lowest BCUT2D eigenvalue weighted by molar-refractivity contribution is 0.0944. The maximum absolute atomic E-state index is 11.8. The molecule has 96 valence electrons. The van der Waals surface area contributed by atoms with Gasteiger partial charge in [-0.15, -0.1) is 0 Å². The third kappa shape index (κ3) is 3.08. The number of benzene rings is 1. The van der Waals surface area contributed by atoms with Crippen molar-refractivity contribution >= 4 is 29.1 Å². The molecule has 0 unspecified atom stereocenters. The van der Waals surface area contributed by atoms with Crippen molar-refractivity contribution in [1.82, 2.24) is 5.32 Å². The molecule has 0 aliphatic heterocycles. The maximum Gasteiger partial charge on any atom is 0.255 e. The first-order chi connectivity index (χ1) is 9.11. The maximum atomic E-state index is 11.8. The molecule has 19 heavy (non-hydrogen) atoms. The molecule has 1 aromatic heterocycles. The van der Waals surface area contributed by atoms with E-state index >= 15 is 0 Å². The van der Waals surface area contributed by atoms with Crippen molar-refractivity contribution in [3.63, 3.8) is 0 Å². The average molecular weight is 295 g/mol. The van der Waals surface area contributed by atoms with Crippen molar-refractivity contribution in [3.8, 4) is 6.07 Å². The Balaban J connectivity index is 2.19. The van der Waals surface area contributed by atoms with Crippen molar-refractivity contribution in [2.24, 2.45) is 0 Å². The van der Waals surface area contributed by atoms with Gasteiger partial charge in [0, 0.05) is 0 Å². The van der Waals surface area contributed by atoms with Gasteiger partial charge in [0.2, 0.25) is 0 Å². The second-order valence-electron chi connectivity index (χ2n) is 3.72. The number of carbonyl (C=O) groups is 1. The zero-order valence-electron chi connectivity index (χ0n) is 9.56. The van der Waals surface area contributed by atoms with Crippen LogP contribution in [0.15, 0.2) is 41.2 Å². The van der Waals surface area contributed by atoms with Gasteiger partial charge in [-0.1, -0.05) is 29.3 Å². The minimum absolute atomic E-state index is 0.331. The van der Waals surface area contributed by atoms with Crippen LogP contribution in [-0.2, 0) is 0 Å².